The summed E-state index contributed by atoms with van der Waals surface area (Å²) in [5, 5.41) is 0. The lowest BCUT2D eigenvalue weighted by molar-refractivity contribution is 0.260. The van der Waals surface area contributed by atoms with Crippen molar-refractivity contribution in [3.05, 3.63) is 16.5 Å². The summed E-state index contributed by atoms with van der Waals surface area (Å²) in [6.45, 7) is 6.90. The number of rotatable bonds is 3. The Bertz CT molecular complexity index is 445. The second-order valence-corrected chi connectivity index (χ2v) is 6.26. The van der Waals surface area contributed by atoms with Crippen LogP contribution >= 0.6 is 15.9 Å². The molecule has 1 aromatic rings. The third-order valence-electron chi connectivity index (χ3n) is 4.19. The molecule has 3 rings (SSSR count). The molecule has 0 aromatic carbocycles. The average Bonchev–Trinajstić information content (AvgIpc) is 3.08. The fourth-order valence-electron chi connectivity index (χ4n) is 3.13. The Morgan fingerprint density at radius 3 is 2.79 bits per heavy atom. The van der Waals surface area contributed by atoms with Crippen molar-refractivity contribution in [1.29, 1.82) is 0 Å². The molecular weight excluding hydrogens is 304 g/mol. The van der Waals surface area contributed by atoms with Gasteiger partial charge < -0.3 is 4.90 Å². The van der Waals surface area contributed by atoms with Crippen LogP contribution in [0.2, 0.25) is 0 Å². The van der Waals surface area contributed by atoms with E-state index in [-0.39, 0.29) is 0 Å². The van der Waals surface area contributed by atoms with E-state index >= 15 is 0 Å². The van der Waals surface area contributed by atoms with Crippen molar-refractivity contribution in [2.45, 2.75) is 38.6 Å². The Kier molecular flexibility index (Phi) is 4.03. The van der Waals surface area contributed by atoms with E-state index in [1.165, 1.54) is 32.4 Å². The molecule has 4 nitrogen and oxygen atoms in total. The Hall–Kier alpha value is -0.680. The molecular formula is C14H21BrN4. The summed E-state index contributed by atoms with van der Waals surface area (Å²) in [6.07, 6.45) is 4.89. The lowest BCUT2D eigenvalue weighted by atomic mass is 10.2. The number of nitrogens with zero attached hydrogens (tertiary/aromatic N) is 4. The van der Waals surface area contributed by atoms with Crippen molar-refractivity contribution >= 4 is 21.7 Å². The zero-order valence-electron chi connectivity index (χ0n) is 11.5. The molecule has 0 bridgehead atoms. The molecule has 1 aromatic heterocycles. The Labute approximate surface area is 123 Å². The van der Waals surface area contributed by atoms with E-state index in [1.807, 2.05) is 6.07 Å². The fourth-order valence-corrected chi connectivity index (χ4v) is 3.54. The van der Waals surface area contributed by atoms with Gasteiger partial charge >= 0.3 is 0 Å². The number of aromatic nitrogens is 2. The second-order valence-electron chi connectivity index (χ2n) is 5.45. The highest BCUT2D eigenvalue weighted by molar-refractivity contribution is 9.10. The third kappa shape index (κ3) is 2.92. The molecule has 0 saturated carbocycles. The van der Waals surface area contributed by atoms with Gasteiger partial charge in [-0.05, 0) is 48.3 Å². The van der Waals surface area contributed by atoms with E-state index in [9.17, 15) is 0 Å². The summed E-state index contributed by atoms with van der Waals surface area (Å²) >= 11 is 3.49. The first-order valence-corrected chi connectivity index (χ1v) is 8.08. The summed E-state index contributed by atoms with van der Waals surface area (Å²) in [4.78, 5) is 14.1. The average molecular weight is 325 g/mol. The van der Waals surface area contributed by atoms with E-state index < -0.39 is 0 Å². The SMILES string of the molecule is CCc1nc(Br)cc(N2CCC(N3CCCC3)C2)n1. The number of aryl methyl sites for hydroxylation is 1. The molecule has 2 aliphatic rings. The van der Waals surface area contributed by atoms with Gasteiger partial charge in [0.1, 0.15) is 16.2 Å². The number of hydrogen-bond donors (Lipinski definition) is 0. The van der Waals surface area contributed by atoms with Crippen molar-refractivity contribution in [1.82, 2.24) is 14.9 Å². The van der Waals surface area contributed by atoms with Crippen LogP contribution in [0.4, 0.5) is 5.82 Å². The van der Waals surface area contributed by atoms with Gasteiger partial charge in [-0.25, -0.2) is 9.97 Å². The first-order chi connectivity index (χ1) is 9.26. The lowest BCUT2D eigenvalue weighted by Gasteiger charge is -2.24. The van der Waals surface area contributed by atoms with E-state index in [0.717, 1.165) is 41.8 Å². The molecule has 2 saturated heterocycles. The maximum atomic E-state index is 4.66. The summed E-state index contributed by atoms with van der Waals surface area (Å²) in [7, 11) is 0. The van der Waals surface area contributed by atoms with Gasteiger partial charge in [0.25, 0.3) is 0 Å². The van der Waals surface area contributed by atoms with Gasteiger partial charge in [-0.15, -0.1) is 0 Å². The largest absolute Gasteiger partial charge is 0.355 e. The topological polar surface area (TPSA) is 32.3 Å². The van der Waals surface area contributed by atoms with Crippen LogP contribution < -0.4 is 4.90 Å². The molecule has 104 valence electrons. The van der Waals surface area contributed by atoms with Crippen LogP contribution in [0.3, 0.4) is 0 Å². The van der Waals surface area contributed by atoms with Gasteiger partial charge in [0, 0.05) is 31.6 Å². The summed E-state index contributed by atoms with van der Waals surface area (Å²) in [5.74, 6) is 2.01. The van der Waals surface area contributed by atoms with Gasteiger partial charge in [-0.2, -0.15) is 0 Å². The second kappa shape index (κ2) is 5.75. The first-order valence-electron chi connectivity index (χ1n) is 7.28. The molecule has 1 atom stereocenters. The quantitative estimate of drug-likeness (QED) is 0.799. The lowest BCUT2D eigenvalue weighted by Crippen LogP contribution is -2.35. The minimum atomic E-state index is 0.723. The zero-order chi connectivity index (χ0) is 13.2. The molecule has 2 fully saturated rings. The molecule has 3 heterocycles. The van der Waals surface area contributed by atoms with Crippen LogP contribution in [-0.4, -0.2) is 47.1 Å². The standard InChI is InChI=1S/C14H21BrN4/c1-2-13-16-12(15)9-14(17-13)19-8-5-11(10-19)18-6-3-4-7-18/h9,11H,2-8,10H2,1H3. The van der Waals surface area contributed by atoms with E-state index in [2.05, 4.69) is 42.6 Å². The molecule has 19 heavy (non-hydrogen) atoms. The number of halogens is 1. The Balaban J connectivity index is 1.71. The smallest absolute Gasteiger partial charge is 0.133 e. The fraction of sp³-hybridized carbons (Fsp3) is 0.714. The summed E-state index contributed by atoms with van der Waals surface area (Å²) < 4.78 is 0.902. The van der Waals surface area contributed by atoms with E-state index in [0.29, 0.717) is 0 Å². The van der Waals surface area contributed by atoms with Crippen LogP contribution in [0.1, 0.15) is 32.0 Å². The molecule has 0 spiro atoms. The highest BCUT2D eigenvalue weighted by Gasteiger charge is 2.30. The van der Waals surface area contributed by atoms with Crippen LogP contribution in [0, 0.1) is 0 Å². The highest BCUT2D eigenvalue weighted by atomic mass is 79.9. The maximum absolute atomic E-state index is 4.66. The number of hydrogen-bond acceptors (Lipinski definition) is 4. The zero-order valence-corrected chi connectivity index (χ0v) is 13.1. The van der Waals surface area contributed by atoms with E-state index in [4.69, 9.17) is 0 Å². The Morgan fingerprint density at radius 1 is 1.26 bits per heavy atom. The van der Waals surface area contributed by atoms with Gasteiger partial charge in [-0.1, -0.05) is 6.92 Å². The molecule has 0 aliphatic carbocycles. The predicted molar refractivity (Wildman–Crippen MR) is 80.5 cm³/mol. The van der Waals surface area contributed by atoms with Crippen molar-refractivity contribution in [2.75, 3.05) is 31.1 Å². The summed E-state index contributed by atoms with van der Waals surface area (Å²) in [5.41, 5.74) is 0. The van der Waals surface area contributed by atoms with Crippen molar-refractivity contribution in [2.24, 2.45) is 0 Å². The van der Waals surface area contributed by atoms with Gasteiger partial charge in [0.15, 0.2) is 0 Å². The van der Waals surface area contributed by atoms with Crippen molar-refractivity contribution in [3.63, 3.8) is 0 Å². The molecule has 2 aliphatic heterocycles. The van der Waals surface area contributed by atoms with Gasteiger partial charge in [-0.3, -0.25) is 4.90 Å². The predicted octanol–water partition coefficient (Wildman–Crippen LogP) is 2.48. The number of anilines is 1. The van der Waals surface area contributed by atoms with Crippen LogP contribution in [0.5, 0.6) is 0 Å². The third-order valence-corrected chi connectivity index (χ3v) is 4.59. The highest BCUT2D eigenvalue weighted by Crippen LogP contribution is 2.25. The van der Waals surface area contributed by atoms with Crippen LogP contribution in [-0.2, 0) is 6.42 Å². The molecule has 0 N–H and O–H groups in total. The van der Waals surface area contributed by atoms with E-state index in [1.54, 1.807) is 0 Å². The monoisotopic (exact) mass is 324 g/mol. The normalized spacial score (nSPS) is 24.3. The van der Waals surface area contributed by atoms with Crippen LogP contribution in [0.15, 0.2) is 10.7 Å². The molecule has 5 heteroatoms. The Morgan fingerprint density at radius 2 is 2.05 bits per heavy atom. The maximum Gasteiger partial charge on any atom is 0.133 e. The number of likely N-dealkylation sites (tertiary alicyclic amines) is 1. The minimum Gasteiger partial charge on any atom is -0.355 e. The summed E-state index contributed by atoms with van der Waals surface area (Å²) in [6, 6.07) is 2.77. The van der Waals surface area contributed by atoms with Crippen molar-refractivity contribution < 1.29 is 0 Å². The molecule has 0 amide bonds. The minimum absolute atomic E-state index is 0.723. The first kappa shape index (κ1) is 13.3. The van der Waals surface area contributed by atoms with Crippen molar-refractivity contribution in [3.8, 4) is 0 Å². The molecule has 0 radical (unpaired) electrons. The van der Waals surface area contributed by atoms with Gasteiger partial charge in [0.2, 0.25) is 0 Å². The molecule has 1 unspecified atom stereocenters. The van der Waals surface area contributed by atoms with Gasteiger partial charge in [0.05, 0.1) is 0 Å². The van der Waals surface area contributed by atoms with Crippen LogP contribution in [0.25, 0.3) is 0 Å².